The van der Waals surface area contributed by atoms with Gasteiger partial charge in [0.15, 0.2) is 5.78 Å². The molecule has 0 aliphatic heterocycles. The minimum Gasteiger partial charge on any atom is -0.497 e. The predicted molar refractivity (Wildman–Crippen MR) is 77.4 cm³/mol. The Morgan fingerprint density at radius 3 is 2.32 bits per heavy atom. The van der Waals surface area contributed by atoms with Crippen molar-refractivity contribution < 1.29 is 13.9 Å². The summed E-state index contributed by atoms with van der Waals surface area (Å²) in [6.45, 7) is 9.20. The lowest BCUT2D eigenvalue weighted by molar-refractivity contribution is -0.118. The Morgan fingerprint density at radius 2 is 1.95 bits per heavy atom. The summed E-state index contributed by atoms with van der Waals surface area (Å²) in [6.07, 6.45) is 4.30. The van der Waals surface area contributed by atoms with Crippen LogP contribution in [-0.2, 0) is 9.53 Å². The smallest absolute Gasteiger partial charge is 0.168 e. The average Bonchev–Trinajstić information content (AvgIpc) is 2.45. The van der Waals surface area contributed by atoms with Crippen molar-refractivity contribution in [2.75, 3.05) is 7.11 Å². The number of Topliss-reactive ketones (excluding diaryl/α,β-unsaturated/α-hetero) is 1. The lowest BCUT2D eigenvalue weighted by Gasteiger charge is -2.12. The molecule has 0 saturated carbocycles. The summed E-state index contributed by atoms with van der Waals surface area (Å²) < 4.78 is 19.2. The molecule has 0 saturated heterocycles. The van der Waals surface area contributed by atoms with Gasteiger partial charge in [-0.25, -0.2) is 4.39 Å². The van der Waals surface area contributed by atoms with E-state index in [2.05, 4.69) is 0 Å². The predicted octanol–water partition coefficient (Wildman–Crippen LogP) is 4.73. The SMILES string of the molecule is C\C=C(F)/C(=C\C(OC)=C(/C)CC)C(=O)C(C)CC. The number of hydrogen-bond acceptors (Lipinski definition) is 2. The standard InChI is InChI=1S/C16H25FO2/c1-7-11(4)15(19-6)10-13(14(17)9-3)16(18)12(5)8-2/h9-10,12H,7-8H2,1-6H3/b13-10+,14-9+,15-11-. The van der Waals surface area contributed by atoms with E-state index in [9.17, 15) is 9.18 Å². The summed E-state index contributed by atoms with van der Waals surface area (Å²) >= 11 is 0. The van der Waals surface area contributed by atoms with Gasteiger partial charge in [0.25, 0.3) is 0 Å². The Kier molecular flexibility index (Phi) is 8.05. The van der Waals surface area contributed by atoms with Crippen LogP contribution < -0.4 is 0 Å². The molecule has 0 radical (unpaired) electrons. The maximum Gasteiger partial charge on any atom is 0.168 e. The molecule has 0 spiro atoms. The van der Waals surface area contributed by atoms with E-state index in [0.29, 0.717) is 12.2 Å². The molecule has 0 bridgehead atoms. The normalized spacial score (nSPS) is 15.9. The minimum absolute atomic E-state index is 0.0986. The topological polar surface area (TPSA) is 26.3 Å². The van der Waals surface area contributed by atoms with Crippen LogP contribution in [0.1, 0.15) is 47.5 Å². The number of methoxy groups -OCH3 is 1. The third kappa shape index (κ3) is 5.01. The van der Waals surface area contributed by atoms with Gasteiger partial charge in [-0.3, -0.25) is 4.79 Å². The summed E-state index contributed by atoms with van der Waals surface area (Å²) in [4.78, 5) is 12.2. The molecule has 3 heteroatoms. The van der Waals surface area contributed by atoms with Gasteiger partial charge in [-0.2, -0.15) is 0 Å². The van der Waals surface area contributed by atoms with E-state index in [4.69, 9.17) is 4.74 Å². The lowest BCUT2D eigenvalue weighted by atomic mass is 9.95. The first-order valence-electron chi connectivity index (χ1n) is 6.74. The molecule has 0 aromatic heterocycles. The van der Waals surface area contributed by atoms with Gasteiger partial charge >= 0.3 is 0 Å². The summed E-state index contributed by atoms with van der Waals surface area (Å²) in [5, 5.41) is 0. The van der Waals surface area contributed by atoms with E-state index in [1.165, 1.54) is 19.3 Å². The van der Waals surface area contributed by atoms with Gasteiger partial charge in [-0.05, 0) is 38.3 Å². The van der Waals surface area contributed by atoms with Gasteiger partial charge in [0, 0.05) is 5.92 Å². The van der Waals surface area contributed by atoms with E-state index in [-0.39, 0.29) is 17.3 Å². The first kappa shape index (κ1) is 17.6. The zero-order valence-electron chi connectivity index (χ0n) is 12.8. The molecule has 1 atom stereocenters. The third-order valence-electron chi connectivity index (χ3n) is 3.28. The van der Waals surface area contributed by atoms with Crippen LogP contribution in [0.5, 0.6) is 0 Å². The number of ketones is 1. The van der Waals surface area contributed by atoms with Crippen LogP contribution in [0.15, 0.2) is 34.9 Å². The Labute approximate surface area is 116 Å². The van der Waals surface area contributed by atoms with Crippen LogP contribution in [0.3, 0.4) is 0 Å². The number of carbonyl (C=O) groups excluding carboxylic acids is 1. The van der Waals surface area contributed by atoms with Crippen molar-refractivity contribution in [2.45, 2.75) is 47.5 Å². The molecular weight excluding hydrogens is 243 g/mol. The van der Waals surface area contributed by atoms with Crippen LogP contribution in [0.2, 0.25) is 0 Å². The van der Waals surface area contributed by atoms with Crippen LogP contribution in [0.25, 0.3) is 0 Å². The van der Waals surface area contributed by atoms with Gasteiger partial charge in [-0.15, -0.1) is 0 Å². The van der Waals surface area contributed by atoms with Gasteiger partial charge in [0.1, 0.15) is 11.6 Å². The summed E-state index contributed by atoms with van der Waals surface area (Å²) in [7, 11) is 1.53. The maximum absolute atomic E-state index is 13.9. The number of halogens is 1. The monoisotopic (exact) mass is 268 g/mol. The van der Waals surface area contributed by atoms with Crippen molar-refractivity contribution in [3.05, 3.63) is 34.9 Å². The average molecular weight is 268 g/mol. The highest BCUT2D eigenvalue weighted by atomic mass is 19.1. The summed E-state index contributed by atoms with van der Waals surface area (Å²) in [5.74, 6) is -0.316. The van der Waals surface area contributed by atoms with Crippen molar-refractivity contribution in [1.82, 2.24) is 0 Å². The minimum atomic E-state index is -0.497. The fraction of sp³-hybridized carbons (Fsp3) is 0.562. The molecule has 19 heavy (non-hydrogen) atoms. The second kappa shape index (κ2) is 8.68. The fourth-order valence-electron chi connectivity index (χ4n) is 1.53. The molecule has 2 nitrogen and oxygen atoms in total. The molecule has 108 valence electrons. The quantitative estimate of drug-likeness (QED) is 0.379. The van der Waals surface area contributed by atoms with E-state index >= 15 is 0 Å². The van der Waals surface area contributed by atoms with E-state index in [0.717, 1.165) is 12.0 Å². The highest BCUT2D eigenvalue weighted by molar-refractivity contribution is 6.00. The van der Waals surface area contributed by atoms with Gasteiger partial charge in [-0.1, -0.05) is 26.8 Å². The van der Waals surface area contributed by atoms with Crippen LogP contribution in [0.4, 0.5) is 4.39 Å². The zero-order valence-corrected chi connectivity index (χ0v) is 12.8. The van der Waals surface area contributed by atoms with Gasteiger partial charge in [0.2, 0.25) is 0 Å². The van der Waals surface area contributed by atoms with Gasteiger partial charge in [0.05, 0.1) is 12.7 Å². The van der Waals surface area contributed by atoms with Gasteiger partial charge < -0.3 is 4.74 Å². The number of allylic oxidation sites excluding steroid dienone is 5. The summed E-state index contributed by atoms with van der Waals surface area (Å²) in [6, 6.07) is 0. The number of ether oxygens (including phenoxy) is 1. The highest BCUT2D eigenvalue weighted by Gasteiger charge is 2.20. The molecule has 0 fully saturated rings. The van der Waals surface area contributed by atoms with Crippen molar-refractivity contribution in [3.8, 4) is 0 Å². The maximum atomic E-state index is 13.9. The summed E-state index contributed by atoms with van der Waals surface area (Å²) in [5.41, 5.74) is 1.09. The molecule has 0 rings (SSSR count). The Hall–Kier alpha value is -1.38. The number of hydrogen-bond donors (Lipinski definition) is 0. The molecular formula is C16H25FO2. The molecule has 0 aromatic rings. The van der Waals surface area contributed by atoms with E-state index in [1.807, 2.05) is 27.7 Å². The van der Waals surface area contributed by atoms with E-state index < -0.39 is 5.83 Å². The zero-order chi connectivity index (χ0) is 15.0. The third-order valence-corrected chi connectivity index (χ3v) is 3.28. The molecule has 1 unspecified atom stereocenters. The van der Waals surface area contributed by atoms with Crippen molar-refractivity contribution >= 4 is 5.78 Å². The molecule has 0 heterocycles. The van der Waals surface area contributed by atoms with Crippen LogP contribution >= 0.6 is 0 Å². The first-order valence-corrected chi connectivity index (χ1v) is 6.74. The largest absolute Gasteiger partial charge is 0.497 e. The molecule has 0 N–H and O–H groups in total. The van der Waals surface area contributed by atoms with E-state index in [1.54, 1.807) is 6.92 Å². The molecule has 0 amide bonds. The number of rotatable bonds is 7. The first-order chi connectivity index (χ1) is 8.92. The Morgan fingerprint density at radius 1 is 1.37 bits per heavy atom. The molecule has 0 aliphatic carbocycles. The fourth-order valence-corrected chi connectivity index (χ4v) is 1.53. The van der Waals surface area contributed by atoms with Crippen molar-refractivity contribution in [1.29, 1.82) is 0 Å². The molecule has 0 aliphatic rings. The van der Waals surface area contributed by atoms with Crippen molar-refractivity contribution in [2.24, 2.45) is 5.92 Å². The Balaban J connectivity index is 5.69. The molecule has 0 aromatic carbocycles. The highest BCUT2D eigenvalue weighted by Crippen LogP contribution is 2.22. The Bertz CT molecular complexity index is 403. The van der Waals surface area contributed by atoms with Crippen molar-refractivity contribution in [3.63, 3.8) is 0 Å². The number of carbonyl (C=O) groups is 1. The van der Waals surface area contributed by atoms with Crippen LogP contribution in [-0.4, -0.2) is 12.9 Å². The second-order valence-electron chi connectivity index (χ2n) is 4.57. The lowest BCUT2D eigenvalue weighted by Crippen LogP contribution is -2.14. The second-order valence-corrected chi connectivity index (χ2v) is 4.57. The van der Waals surface area contributed by atoms with Crippen LogP contribution in [0, 0.1) is 5.92 Å².